The van der Waals surface area contributed by atoms with Crippen LogP contribution in [0.15, 0.2) is 30.6 Å². The lowest BCUT2D eigenvalue weighted by Gasteiger charge is -2.36. The summed E-state index contributed by atoms with van der Waals surface area (Å²) in [7, 11) is 5.07. The van der Waals surface area contributed by atoms with Gasteiger partial charge in [-0.2, -0.15) is 13.2 Å². The Bertz CT molecular complexity index is 1110. The summed E-state index contributed by atoms with van der Waals surface area (Å²) in [4.78, 5) is 18.3. The van der Waals surface area contributed by atoms with Gasteiger partial charge in [0.25, 0.3) is 5.91 Å². The van der Waals surface area contributed by atoms with Gasteiger partial charge in [-0.15, -0.1) is 5.10 Å². The van der Waals surface area contributed by atoms with Gasteiger partial charge in [0.15, 0.2) is 5.69 Å². The van der Waals surface area contributed by atoms with E-state index in [9.17, 15) is 18.0 Å². The van der Waals surface area contributed by atoms with E-state index >= 15 is 0 Å². The quantitative estimate of drug-likeness (QED) is 0.646. The molecule has 3 aromatic rings. The van der Waals surface area contributed by atoms with Crippen molar-refractivity contribution in [2.45, 2.75) is 43.9 Å². The number of nitrogens with one attached hydrogen (secondary N) is 1. The molecule has 0 unspecified atom stereocenters. The number of nitrogens with zero attached hydrogens (tertiary/aromatic N) is 5. The minimum Gasteiger partial charge on any atom is -0.479 e. The average Bonchev–Trinajstić information content (AvgIpc) is 3.37. The van der Waals surface area contributed by atoms with Crippen molar-refractivity contribution in [3.63, 3.8) is 0 Å². The van der Waals surface area contributed by atoms with Gasteiger partial charge in [-0.1, -0.05) is 6.07 Å². The maximum atomic E-state index is 13.1. The largest absolute Gasteiger partial charge is 0.479 e. The minimum absolute atomic E-state index is 0.0120. The van der Waals surface area contributed by atoms with Crippen molar-refractivity contribution in [2.75, 3.05) is 19.1 Å². The maximum Gasteiger partial charge on any atom is 0.434 e. The summed E-state index contributed by atoms with van der Waals surface area (Å²) in [6.07, 6.45) is 1.28. The molecule has 1 N–H and O–H groups in total. The summed E-state index contributed by atoms with van der Waals surface area (Å²) in [6, 6.07) is 5.21. The van der Waals surface area contributed by atoms with Crippen molar-refractivity contribution in [3.8, 4) is 5.88 Å². The first-order chi connectivity index (χ1) is 15.2. The number of hydrogen-bond acceptors (Lipinski definition) is 5. The number of ether oxygens (including phenoxy) is 1. The van der Waals surface area contributed by atoms with Gasteiger partial charge in [-0.05, 0) is 37.8 Å². The van der Waals surface area contributed by atoms with Gasteiger partial charge in [0.2, 0.25) is 5.88 Å². The Morgan fingerprint density at radius 2 is 1.94 bits per heavy atom. The molecule has 1 saturated carbocycles. The summed E-state index contributed by atoms with van der Waals surface area (Å²) in [5, 5.41) is 7.14. The van der Waals surface area contributed by atoms with Crippen LogP contribution in [-0.4, -0.2) is 51.3 Å². The Balaban J connectivity index is 1.42. The van der Waals surface area contributed by atoms with Crippen LogP contribution >= 0.6 is 0 Å². The highest BCUT2D eigenvalue weighted by Crippen LogP contribution is 2.32. The van der Waals surface area contributed by atoms with E-state index in [4.69, 9.17) is 4.74 Å². The molecule has 3 aromatic heterocycles. The molecule has 1 amide bonds. The van der Waals surface area contributed by atoms with Crippen LogP contribution in [0, 0.1) is 0 Å². The number of aryl methyl sites for hydroxylation is 1. The second-order valence-electron chi connectivity index (χ2n) is 8.05. The number of fused-ring (bicyclic) bond motifs is 1. The number of alkyl halides is 3. The molecule has 0 saturated heterocycles. The topological polar surface area (TPSA) is 76.7 Å². The number of carbonyl (C=O) groups excluding carboxylic acids is 1. The van der Waals surface area contributed by atoms with Gasteiger partial charge in [-0.3, -0.25) is 13.9 Å². The van der Waals surface area contributed by atoms with Crippen LogP contribution in [0.4, 0.5) is 19.0 Å². The molecule has 11 heteroatoms. The normalized spacial score (nSPS) is 19.2. The first-order valence-electron chi connectivity index (χ1n) is 10.3. The highest BCUT2D eigenvalue weighted by Gasteiger charge is 2.34. The number of carbonyl (C=O) groups is 1. The molecule has 32 heavy (non-hydrogen) atoms. The smallest absolute Gasteiger partial charge is 0.434 e. The fraction of sp³-hybridized carbons (Fsp3) is 0.476. The number of rotatable bonds is 5. The third kappa shape index (κ3) is 4.23. The molecule has 172 valence electrons. The zero-order valence-corrected chi connectivity index (χ0v) is 18.1. The lowest BCUT2D eigenvalue weighted by molar-refractivity contribution is -0.140. The number of methoxy groups -OCH3 is 1. The van der Waals surface area contributed by atoms with Gasteiger partial charge in [0, 0.05) is 38.6 Å². The Labute approximate surface area is 183 Å². The van der Waals surface area contributed by atoms with Crippen molar-refractivity contribution < 1.29 is 22.7 Å². The molecule has 1 aliphatic rings. The van der Waals surface area contributed by atoms with E-state index in [1.807, 2.05) is 11.9 Å². The molecule has 0 aliphatic heterocycles. The summed E-state index contributed by atoms with van der Waals surface area (Å²) in [5.41, 5.74) is -0.259. The molecule has 0 aromatic carbocycles. The molecule has 0 atom stereocenters. The molecular weight excluding hydrogens is 425 g/mol. The maximum absolute atomic E-state index is 13.1. The Kier molecular flexibility index (Phi) is 5.74. The van der Waals surface area contributed by atoms with Gasteiger partial charge in [0.05, 0.1) is 7.11 Å². The van der Waals surface area contributed by atoms with E-state index in [1.165, 1.54) is 16.2 Å². The third-order valence-corrected chi connectivity index (χ3v) is 5.93. The van der Waals surface area contributed by atoms with Crippen LogP contribution in [0.25, 0.3) is 5.65 Å². The number of amides is 1. The number of pyridine rings is 1. The number of imidazole rings is 1. The van der Waals surface area contributed by atoms with Crippen molar-refractivity contribution in [1.82, 2.24) is 24.5 Å². The Morgan fingerprint density at radius 1 is 1.22 bits per heavy atom. The highest BCUT2D eigenvalue weighted by molar-refractivity contribution is 5.96. The van der Waals surface area contributed by atoms with E-state index in [2.05, 4.69) is 15.4 Å². The van der Waals surface area contributed by atoms with E-state index in [1.54, 1.807) is 31.4 Å². The van der Waals surface area contributed by atoms with Crippen molar-refractivity contribution >= 4 is 17.4 Å². The number of halogens is 3. The monoisotopic (exact) mass is 450 g/mol. The fourth-order valence-electron chi connectivity index (χ4n) is 4.25. The molecule has 3 heterocycles. The first kappa shape index (κ1) is 22.0. The molecule has 4 rings (SSSR count). The van der Waals surface area contributed by atoms with Crippen LogP contribution in [0.2, 0.25) is 0 Å². The van der Waals surface area contributed by atoms with Gasteiger partial charge in [0.1, 0.15) is 17.0 Å². The Hall–Kier alpha value is -3.24. The van der Waals surface area contributed by atoms with Crippen LogP contribution in [0.3, 0.4) is 0 Å². The lowest BCUT2D eigenvalue weighted by atomic mass is 9.90. The fourth-order valence-corrected chi connectivity index (χ4v) is 4.25. The lowest BCUT2D eigenvalue weighted by Crippen LogP contribution is -2.43. The number of anilines is 1. The average molecular weight is 450 g/mol. The number of hydrogen-bond donors (Lipinski definition) is 1. The molecule has 1 fully saturated rings. The standard InChI is InChI=1S/C21H25F3N6O2/c1-28-11-15(20(27-28)32-3)19(31)25-13-7-9-14(10-8-13)29(2)18-6-4-5-17-26-16(12-30(17)18)21(22,23)24/h4-6,11-14H,7-10H2,1-3H3,(H,25,31). The first-order valence-corrected chi connectivity index (χ1v) is 10.3. The van der Waals surface area contributed by atoms with Crippen molar-refractivity contribution in [2.24, 2.45) is 7.05 Å². The minimum atomic E-state index is -4.49. The van der Waals surface area contributed by atoms with Crippen molar-refractivity contribution in [3.05, 3.63) is 41.9 Å². The van der Waals surface area contributed by atoms with Gasteiger partial charge in [-0.25, -0.2) is 4.98 Å². The molecule has 8 nitrogen and oxygen atoms in total. The summed E-state index contributed by atoms with van der Waals surface area (Å²) >= 11 is 0. The van der Waals surface area contributed by atoms with E-state index < -0.39 is 11.9 Å². The molecule has 0 spiro atoms. The predicted molar refractivity (Wildman–Crippen MR) is 112 cm³/mol. The summed E-state index contributed by atoms with van der Waals surface area (Å²) in [6.45, 7) is 0. The molecule has 0 radical (unpaired) electrons. The Morgan fingerprint density at radius 3 is 2.59 bits per heavy atom. The molecule has 1 aliphatic carbocycles. The van der Waals surface area contributed by atoms with Crippen LogP contribution in [0.5, 0.6) is 5.88 Å². The van der Waals surface area contributed by atoms with E-state index in [-0.39, 0.29) is 29.5 Å². The summed E-state index contributed by atoms with van der Waals surface area (Å²) < 4.78 is 47.4. The van der Waals surface area contributed by atoms with E-state index in [0.717, 1.165) is 31.9 Å². The molecular formula is C21H25F3N6O2. The SMILES string of the molecule is COc1nn(C)cc1C(=O)NC1CCC(N(C)c2cccc3nc(C(F)(F)F)cn23)CC1. The van der Waals surface area contributed by atoms with Crippen LogP contribution in [0.1, 0.15) is 41.7 Å². The zero-order chi connectivity index (χ0) is 23.0. The van der Waals surface area contributed by atoms with Crippen molar-refractivity contribution in [1.29, 1.82) is 0 Å². The zero-order valence-electron chi connectivity index (χ0n) is 18.1. The van der Waals surface area contributed by atoms with Gasteiger partial charge < -0.3 is 15.0 Å². The van der Waals surface area contributed by atoms with Crippen LogP contribution in [-0.2, 0) is 13.2 Å². The highest BCUT2D eigenvalue weighted by atomic mass is 19.4. The van der Waals surface area contributed by atoms with Gasteiger partial charge >= 0.3 is 6.18 Å². The summed E-state index contributed by atoms with van der Waals surface area (Å²) in [5.74, 6) is 0.706. The molecule has 0 bridgehead atoms. The second kappa shape index (κ2) is 8.36. The van der Waals surface area contributed by atoms with E-state index in [0.29, 0.717) is 11.4 Å². The number of aromatic nitrogens is 4. The third-order valence-electron chi connectivity index (χ3n) is 5.93. The second-order valence-corrected chi connectivity index (χ2v) is 8.05. The predicted octanol–water partition coefficient (Wildman–Crippen LogP) is 3.27. The van der Waals surface area contributed by atoms with Crippen LogP contribution < -0.4 is 15.0 Å².